The SMILES string of the molecule is CC1=C[N+]1(C)C. The van der Waals surface area contributed by atoms with Crippen molar-refractivity contribution in [2.75, 3.05) is 14.1 Å². The quantitative estimate of drug-likeness (QED) is 0.383. The zero-order valence-electron chi connectivity index (χ0n) is 4.52. The van der Waals surface area contributed by atoms with Crippen LogP contribution in [0.3, 0.4) is 0 Å². The predicted octanol–water partition coefficient (Wildman–Crippen LogP) is 0.938. The molecule has 1 aliphatic heterocycles. The van der Waals surface area contributed by atoms with E-state index in [1.807, 2.05) is 0 Å². The average Bonchev–Trinajstić information content (AvgIpc) is 1.73. The Bertz CT molecular complexity index is 101. The summed E-state index contributed by atoms with van der Waals surface area (Å²) in [5, 5.41) is 0. The van der Waals surface area contributed by atoms with Gasteiger partial charge in [0.1, 0.15) is 0 Å². The van der Waals surface area contributed by atoms with E-state index in [1.54, 1.807) is 0 Å². The molecule has 34 valence electrons. The molecule has 0 radical (unpaired) electrons. The third kappa shape index (κ3) is 0.356. The van der Waals surface area contributed by atoms with Crippen LogP contribution in [-0.2, 0) is 0 Å². The number of rotatable bonds is 0. The first-order valence-electron chi connectivity index (χ1n) is 2.16. The Morgan fingerprint density at radius 1 is 1.50 bits per heavy atom. The van der Waals surface area contributed by atoms with Gasteiger partial charge in [-0.2, -0.15) is 0 Å². The lowest BCUT2D eigenvalue weighted by Gasteiger charge is -2.00. The van der Waals surface area contributed by atoms with Gasteiger partial charge in [0, 0.05) is 6.92 Å². The van der Waals surface area contributed by atoms with Crippen LogP contribution in [0.5, 0.6) is 0 Å². The van der Waals surface area contributed by atoms with E-state index in [9.17, 15) is 0 Å². The van der Waals surface area contributed by atoms with Crippen LogP contribution >= 0.6 is 0 Å². The van der Waals surface area contributed by atoms with E-state index in [0.717, 1.165) is 4.48 Å². The molecule has 0 saturated carbocycles. The zero-order chi connectivity index (χ0) is 4.78. The van der Waals surface area contributed by atoms with E-state index in [-0.39, 0.29) is 0 Å². The second kappa shape index (κ2) is 0.684. The number of hydrogen-bond acceptors (Lipinski definition) is 0. The molecule has 1 rings (SSSR count). The molecule has 0 fully saturated rings. The van der Waals surface area contributed by atoms with Crippen LogP contribution in [0, 0.1) is 0 Å². The molecule has 1 heterocycles. The van der Waals surface area contributed by atoms with E-state index in [1.165, 1.54) is 5.70 Å². The summed E-state index contributed by atoms with van der Waals surface area (Å²) in [6, 6.07) is 0. The highest BCUT2D eigenvalue weighted by atomic mass is 15.4. The Kier molecular flexibility index (Phi) is 0.442. The van der Waals surface area contributed by atoms with E-state index >= 15 is 0 Å². The fourth-order valence-electron chi connectivity index (χ4n) is 0.438. The summed E-state index contributed by atoms with van der Waals surface area (Å²) in [6.45, 7) is 2.14. The van der Waals surface area contributed by atoms with Gasteiger partial charge in [0.25, 0.3) is 0 Å². The van der Waals surface area contributed by atoms with E-state index in [4.69, 9.17) is 0 Å². The van der Waals surface area contributed by atoms with Gasteiger partial charge >= 0.3 is 0 Å². The van der Waals surface area contributed by atoms with Crippen molar-refractivity contribution in [1.29, 1.82) is 0 Å². The molecule has 0 aliphatic carbocycles. The largest absolute Gasteiger partial charge is 0.264 e. The summed E-state index contributed by atoms with van der Waals surface area (Å²) in [6.07, 6.45) is 2.21. The second-order valence-electron chi connectivity index (χ2n) is 2.31. The van der Waals surface area contributed by atoms with Crippen LogP contribution in [0.4, 0.5) is 0 Å². The molecule has 0 saturated heterocycles. The highest BCUT2D eigenvalue weighted by molar-refractivity contribution is 4.97. The normalized spacial score (nSPS) is 26.2. The molecule has 0 amide bonds. The number of nitrogens with zero attached hydrogens (tertiary/aromatic N) is 1. The molecule has 0 spiro atoms. The highest BCUT2D eigenvalue weighted by Gasteiger charge is 2.31. The van der Waals surface area contributed by atoms with Crippen molar-refractivity contribution < 1.29 is 4.48 Å². The third-order valence-electron chi connectivity index (χ3n) is 1.35. The maximum absolute atomic E-state index is 2.21. The van der Waals surface area contributed by atoms with Gasteiger partial charge in [-0.05, 0) is 0 Å². The first kappa shape index (κ1) is 3.88. The maximum atomic E-state index is 2.21. The van der Waals surface area contributed by atoms with Crippen LogP contribution in [0.15, 0.2) is 11.9 Å². The molecule has 0 unspecified atom stereocenters. The minimum Gasteiger partial charge on any atom is -0.264 e. The van der Waals surface area contributed by atoms with Gasteiger partial charge in [-0.15, -0.1) is 0 Å². The molecule has 6 heavy (non-hydrogen) atoms. The Morgan fingerprint density at radius 2 is 1.67 bits per heavy atom. The molecular formula is C5H10N+. The van der Waals surface area contributed by atoms with Crippen LogP contribution in [0.1, 0.15) is 6.92 Å². The van der Waals surface area contributed by atoms with Crippen LogP contribution in [0.25, 0.3) is 0 Å². The molecule has 0 N–H and O–H groups in total. The second-order valence-corrected chi connectivity index (χ2v) is 2.31. The summed E-state index contributed by atoms with van der Waals surface area (Å²) in [5.41, 5.74) is 1.47. The summed E-state index contributed by atoms with van der Waals surface area (Å²) in [5.74, 6) is 0. The van der Waals surface area contributed by atoms with E-state index in [0.29, 0.717) is 0 Å². The van der Waals surface area contributed by atoms with Crippen molar-refractivity contribution in [2.45, 2.75) is 6.92 Å². The molecular weight excluding hydrogens is 74.1 g/mol. The molecule has 1 aliphatic rings. The molecule has 0 aromatic heterocycles. The number of hydrogen-bond donors (Lipinski definition) is 0. The molecule has 0 atom stereocenters. The maximum Gasteiger partial charge on any atom is 0.164 e. The van der Waals surface area contributed by atoms with Crippen molar-refractivity contribution in [3.8, 4) is 0 Å². The van der Waals surface area contributed by atoms with Crippen molar-refractivity contribution in [1.82, 2.24) is 0 Å². The first-order chi connectivity index (χ1) is 2.63. The van der Waals surface area contributed by atoms with Gasteiger partial charge < -0.3 is 0 Å². The van der Waals surface area contributed by atoms with E-state index < -0.39 is 0 Å². The predicted molar refractivity (Wildman–Crippen MR) is 25.9 cm³/mol. The molecule has 1 heteroatoms. The smallest absolute Gasteiger partial charge is 0.164 e. The third-order valence-corrected chi connectivity index (χ3v) is 1.35. The number of allylic oxidation sites excluding steroid dienone is 1. The summed E-state index contributed by atoms with van der Waals surface area (Å²) in [4.78, 5) is 0. The Hall–Kier alpha value is -0.300. The van der Waals surface area contributed by atoms with Gasteiger partial charge in [-0.25, -0.2) is 0 Å². The summed E-state index contributed by atoms with van der Waals surface area (Å²) < 4.78 is 1.03. The van der Waals surface area contributed by atoms with Crippen LogP contribution in [-0.4, -0.2) is 18.6 Å². The number of quaternary nitrogens is 1. The van der Waals surface area contributed by atoms with Crippen LogP contribution < -0.4 is 0 Å². The summed E-state index contributed by atoms with van der Waals surface area (Å²) in [7, 11) is 4.32. The topological polar surface area (TPSA) is 0 Å². The van der Waals surface area contributed by atoms with Gasteiger partial charge in [-0.1, -0.05) is 0 Å². The monoisotopic (exact) mass is 84.1 g/mol. The highest BCUT2D eigenvalue weighted by Crippen LogP contribution is 2.25. The Labute approximate surface area is 38.5 Å². The van der Waals surface area contributed by atoms with Gasteiger partial charge in [0.15, 0.2) is 11.9 Å². The molecule has 0 aromatic rings. The Balaban J connectivity index is 2.53. The van der Waals surface area contributed by atoms with Crippen LogP contribution in [0.2, 0.25) is 0 Å². The van der Waals surface area contributed by atoms with Crippen molar-refractivity contribution in [2.24, 2.45) is 0 Å². The molecule has 1 nitrogen and oxygen atoms in total. The van der Waals surface area contributed by atoms with Crippen molar-refractivity contribution >= 4 is 0 Å². The molecule has 0 bridgehead atoms. The minimum absolute atomic E-state index is 1.03. The lowest BCUT2D eigenvalue weighted by Crippen LogP contribution is -2.12. The first-order valence-corrected chi connectivity index (χ1v) is 2.16. The van der Waals surface area contributed by atoms with Crippen molar-refractivity contribution in [3.05, 3.63) is 11.9 Å². The Morgan fingerprint density at radius 3 is 1.67 bits per heavy atom. The van der Waals surface area contributed by atoms with Crippen molar-refractivity contribution in [3.63, 3.8) is 0 Å². The summed E-state index contributed by atoms with van der Waals surface area (Å²) >= 11 is 0. The van der Waals surface area contributed by atoms with Gasteiger partial charge in [-0.3, -0.25) is 4.48 Å². The fraction of sp³-hybridized carbons (Fsp3) is 0.600. The minimum atomic E-state index is 1.03. The van der Waals surface area contributed by atoms with E-state index in [2.05, 4.69) is 27.2 Å². The van der Waals surface area contributed by atoms with Gasteiger partial charge in [0.05, 0.1) is 14.1 Å². The zero-order valence-corrected chi connectivity index (χ0v) is 4.52. The average molecular weight is 84.1 g/mol. The standard InChI is InChI=1S/C5H10N/c1-5-4-6(5,2)3/h4H,1-3H3/q+1. The van der Waals surface area contributed by atoms with Gasteiger partial charge in [0.2, 0.25) is 0 Å². The lowest BCUT2D eigenvalue weighted by molar-refractivity contribution is -0.731. The fourth-order valence-corrected chi connectivity index (χ4v) is 0.438. The lowest BCUT2D eigenvalue weighted by atomic mass is 10.7. The molecule has 0 aromatic carbocycles.